The van der Waals surface area contributed by atoms with E-state index >= 15 is 0 Å². The van der Waals surface area contributed by atoms with Crippen molar-refractivity contribution in [1.29, 1.82) is 0 Å². The van der Waals surface area contributed by atoms with Crippen LogP contribution in [0.2, 0.25) is 5.02 Å². The number of hydrogen-bond donors (Lipinski definition) is 10. The number of aromatic nitrogens is 16. The molecule has 18 rings (SSSR count). The van der Waals surface area contributed by atoms with Crippen LogP contribution in [-0.2, 0) is 0 Å². The van der Waals surface area contributed by atoms with E-state index in [9.17, 15) is 29.8 Å². The van der Waals surface area contributed by atoms with Crippen LogP contribution in [0.1, 0.15) is 203 Å². The molecule has 0 saturated carbocycles. The summed E-state index contributed by atoms with van der Waals surface area (Å²) in [6.45, 7) is 44.2. The lowest BCUT2D eigenvalue weighted by molar-refractivity contribution is -0.384. The average molecular weight is 1990 g/mol. The van der Waals surface area contributed by atoms with Crippen LogP contribution in [0, 0.1) is 15.9 Å². The number of H-pyrrole nitrogens is 2. The molecular weight excluding hydrogens is 1850 g/mol. The molecule has 144 heavy (non-hydrogen) atoms. The first-order valence-electron chi connectivity index (χ1n) is 48.6. The van der Waals surface area contributed by atoms with E-state index in [4.69, 9.17) is 35.3 Å². The first kappa shape index (κ1) is 106. The number of hydrogen-bond acceptors (Lipinski definition) is 30. The van der Waals surface area contributed by atoms with Crippen LogP contribution in [0.3, 0.4) is 0 Å². The molecule has 34 nitrogen and oxygen atoms in total. The van der Waals surface area contributed by atoms with Crippen molar-refractivity contribution in [2.24, 2.45) is 0 Å². The summed E-state index contributed by atoms with van der Waals surface area (Å²) in [5, 5.41) is 119. The van der Waals surface area contributed by atoms with E-state index in [0.29, 0.717) is 85.8 Å². The van der Waals surface area contributed by atoms with Crippen molar-refractivity contribution in [3.8, 4) is 131 Å². The van der Waals surface area contributed by atoms with Crippen LogP contribution >= 0.6 is 11.6 Å². The number of piperidine rings is 5. The van der Waals surface area contributed by atoms with Gasteiger partial charge in [0.25, 0.3) is 0 Å². The summed E-state index contributed by atoms with van der Waals surface area (Å²) in [6.07, 6.45) is 19.3. The molecule has 10 N–H and O–H groups in total. The van der Waals surface area contributed by atoms with Crippen LogP contribution in [0.4, 0.5) is 21.7 Å². The van der Waals surface area contributed by atoms with Crippen molar-refractivity contribution in [2.45, 2.75) is 288 Å². The predicted octanol–water partition coefficient (Wildman–Crippen LogP) is 20.1. The standard InChI is InChI=1S/C23H29ClN6.C23H29FN6.C23H28N6O4.C20H27N3O3.C19H25N3O3/c2*1-22(2)11-17(12-23(3,4)29-22)30(5)21-9-8-20(27-28-21)18-7-6-15(10-19(18)24)16-13-25-26-14-16;1-22(2)11-17(12-23(3,4)27-22)33-21-9-8-19(25-26-21)18-7-6-15(10-20(18)32-5)28-14-16(13-24-28)29(30)31;1-19(2)11-14(12-20(3,4)23-19)26-18-9-8-16(21-22-18)15-7-6-13(24)10-17(15)25-5;1-18(2)10-13(11-19(3,4)22-18)25-17-8-7-15(20-21-17)14-6-5-12(23)9-16(14)24/h2*6-10,13-14,17,29H,11-12H2,1-5H3,(H,25,26);6-10,13-14,17,27H,11-12H2,1-5H3;6-10,14,23-24H,11-12H2,1-5H3;5-9,13,22-24H,10-11H2,1-4H3. The van der Waals surface area contributed by atoms with Gasteiger partial charge in [0.2, 0.25) is 17.6 Å². The Balaban J connectivity index is 0.000000143. The molecule has 5 saturated heterocycles. The van der Waals surface area contributed by atoms with E-state index in [1.165, 1.54) is 35.3 Å². The Morgan fingerprint density at radius 3 is 1.08 bits per heavy atom. The third kappa shape index (κ3) is 28.2. The second-order valence-electron chi connectivity index (χ2n) is 44.8. The third-order valence-electron chi connectivity index (χ3n) is 26.1. The van der Waals surface area contributed by atoms with Crippen molar-refractivity contribution in [2.75, 3.05) is 38.1 Å². The lowest BCUT2D eigenvalue weighted by atomic mass is 9.79. The first-order valence-corrected chi connectivity index (χ1v) is 49.0. The smallest absolute Gasteiger partial charge is 0.307 e. The Morgan fingerprint density at radius 2 is 0.729 bits per heavy atom. The number of halogens is 2. The van der Waals surface area contributed by atoms with E-state index in [0.717, 1.165) is 120 Å². The SMILES string of the molecule is CC1(C)CC(Oc2ccc(-c3ccc(O)cc3O)nn2)CC(C)(C)N1.CN(c1ccc(-c2ccc(-c3cn[nH]c3)cc2Cl)nn1)C1CC(C)(C)NC(C)(C)C1.CN(c1ccc(-c2ccc(-c3cn[nH]c3)cc2F)nn1)C1CC(C)(C)NC(C)(C)C1.COc1cc(-n2cc([N+](=O)[O-])cn2)ccc1-c1ccc(OC2CC(C)(C)NC(C)(C)C2)nn1.COc1cc(O)ccc1-c1ccc(OC2CC(C)(C)NC(C)(C)C2)nn1. The van der Waals surface area contributed by atoms with Crippen molar-refractivity contribution in [1.82, 2.24) is 108 Å². The molecule has 0 amide bonds. The Bertz CT molecular complexity index is 6280. The quantitative estimate of drug-likeness (QED) is 0.0236. The zero-order chi connectivity index (χ0) is 104. The van der Waals surface area contributed by atoms with E-state index in [1.54, 1.807) is 87.4 Å². The number of benzene rings is 5. The van der Waals surface area contributed by atoms with Crippen molar-refractivity contribution in [3.05, 3.63) is 210 Å². The molecular formula is C108H138ClFN24O10. The minimum absolute atomic E-state index is 0.00236. The highest BCUT2D eigenvalue weighted by Crippen LogP contribution is 2.43. The lowest BCUT2D eigenvalue weighted by Gasteiger charge is -2.49. The largest absolute Gasteiger partial charge is 0.508 e. The molecule has 0 aliphatic carbocycles. The molecule has 0 radical (unpaired) electrons. The number of methoxy groups -OCH3 is 2. The Kier molecular flexibility index (Phi) is 31.6. The topological polar surface area (TPSA) is 421 Å². The first-order chi connectivity index (χ1) is 67.6. The molecule has 5 aromatic carbocycles. The molecule has 8 aromatic heterocycles. The Morgan fingerprint density at radius 1 is 0.389 bits per heavy atom. The van der Waals surface area contributed by atoms with Gasteiger partial charge in [0.1, 0.15) is 65.3 Å². The maximum Gasteiger partial charge on any atom is 0.307 e. The summed E-state index contributed by atoms with van der Waals surface area (Å²) in [7, 11) is 7.29. The summed E-state index contributed by atoms with van der Waals surface area (Å²) in [4.78, 5) is 14.9. The van der Waals surface area contributed by atoms with Crippen LogP contribution < -0.4 is 60.1 Å². The summed E-state index contributed by atoms with van der Waals surface area (Å²) < 4.78 is 45.3. The molecule has 0 unspecified atom stereocenters. The van der Waals surface area contributed by atoms with E-state index in [-0.39, 0.29) is 102 Å². The monoisotopic (exact) mass is 1990 g/mol. The van der Waals surface area contributed by atoms with Gasteiger partial charge in [-0.05, 0) is 272 Å². The van der Waals surface area contributed by atoms with Gasteiger partial charge in [-0.2, -0.15) is 15.3 Å². The van der Waals surface area contributed by atoms with Gasteiger partial charge >= 0.3 is 5.69 Å². The number of nitrogens with zero attached hydrogens (tertiary/aromatic N) is 17. The maximum atomic E-state index is 14.7. The zero-order valence-electron chi connectivity index (χ0n) is 86.9. The minimum atomic E-state index is -0.486. The van der Waals surface area contributed by atoms with Gasteiger partial charge in [0.05, 0.1) is 70.7 Å². The van der Waals surface area contributed by atoms with E-state index in [1.807, 2.05) is 85.1 Å². The molecule has 5 aliphatic heterocycles. The molecule has 0 atom stereocenters. The number of phenols is 3. The van der Waals surface area contributed by atoms with Crippen LogP contribution in [0.5, 0.6) is 46.4 Å². The summed E-state index contributed by atoms with van der Waals surface area (Å²) >= 11 is 6.55. The fraction of sp³-hybridized carbons (Fsp3) is 0.454. The number of anilines is 2. The van der Waals surface area contributed by atoms with Gasteiger partial charge in [0.15, 0.2) is 11.6 Å². The highest BCUT2D eigenvalue weighted by molar-refractivity contribution is 6.33. The molecule has 5 aliphatic rings. The molecule has 0 spiro atoms. The zero-order valence-corrected chi connectivity index (χ0v) is 87.7. The van der Waals surface area contributed by atoms with Gasteiger partial charge in [-0.15, -0.1) is 51.0 Å². The fourth-order valence-corrected chi connectivity index (χ4v) is 21.9. The number of nitro groups is 1. The highest BCUT2D eigenvalue weighted by atomic mass is 35.5. The van der Waals surface area contributed by atoms with Crippen molar-refractivity contribution < 1.29 is 48.3 Å². The Labute approximate surface area is 847 Å². The van der Waals surface area contributed by atoms with Crippen LogP contribution in [0.15, 0.2) is 189 Å². The summed E-state index contributed by atoms with van der Waals surface area (Å²) in [6, 6.07) is 45.1. The molecule has 36 heteroatoms. The van der Waals surface area contributed by atoms with E-state index < -0.39 is 4.92 Å². The molecule has 5 fully saturated rings. The van der Waals surface area contributed by atoms with Gasteiger partial charge in [-0.25, -0.2) is 9.07 Å². The summed E-state index contributed by atoms with van der Waals surface area (Å²) in [5.41, 5.74) is 10.9. The second-order valence-corrected chi connectivity index (χ2v) is 45.2. The minimum Gasteiger partial charge on any atom is -0.508 e. The van der Waals surface area contributed by atoms with Gasteiger partial charge in [-0.1, -0.05) is 29.8 Å². The number of aromatic amines is 2. The van der Waals surface area contributed by atoms with Crippen LogP contribution in [0.25, 0.3) is 84.2 Å². The Hall–Kier alpha value is -13.5. The van der Waals surface area contributed by atoms with Crippen molar-refractivity contribution in [3.63, 3.8) is 0 Å². The van der Waals surface area contributed by atoms with Gasteiger partial charge in [-0.3, -0.25) is 20.3 Å². The van der Waals surface area contributed by atoms with Gasteiger partial charge in [0, 0.05) is 208 Å². The third-order valence-corrected chi connectivity index (χ3v) is 26.4. The maximum absolute atomic E-state index is 14.7. The number of ether oxygens (including phenoxy) is 5. The van der Waals surface area contributed by atoms with Crippen LogP contribution in [-0.4, -0.2) is 216 Å². The molecule has 13 heterocycles. The number of rotatable bonds is 21. The number of aromatic hydroxyl groups is 3. The molecule has 764 valence electrons. The lowest BCUT2D eigenvalue weighted by Crippen LogP contribution is -2.62. The average Bonchev–Trinajstić information content (AvgIpc) is 1.59. The fourth-order valence-electron chi connectivity index (χ4n) is 21.6. The normalized spacial score (nSPS) is 18.5. The number of nitrogens with one attached hydrogen (secondary N) is 7. The summed E-state index contributed by atoms with van der Waals surface area (Å²) in [5.74, 6) is 4.04. The van der Waals surface area contributed by atoms with E-state index in [2.05, 4.69) is 265 Å². The molecule has 13 aromatic rings. The molecule has 0 bridgehead atoms. The predicted molar refractivity (Wildman–Crippen MR) is 560 cm³/mol. The van der Waals surface area contributed by atoms with Crippen molar-refractivity contribution >= 4 is 28.9 Å². The highest BCUT2D eigenvalue weighted by Gasteiger charge is 2.45. The number of phenolic OH excluding ortho intramolecular Hbond substituents is 3. The van der Waals surface area contributed by atoms with Gasteiger partial charge < -0.3 is 75.4 Å². The second kappa shape index (κ2) is 42.8.